The van der Waals surface area contributed by atoms with E-state index in [-0.39, 0.29) is 18.4 Å². The fourth-order valence-corrected chi connectivity index (χ4v) is 3.30. The van der Waals surface area contributed by atoms with Crippen LogP contribution in [-0.2, 0) is 11.2 Å². The summed E-state index contributed by atoms with van der Waals surface area (Å²) in [6.45, 7) is 6.41. The molecule has 0 unspecified atom stereocenters. The normalized spacial score (nSPS) is 11.0. The van der Waals surface area contributed by atoms with E-state index in [1.165, 1.54) is 0 Å². The number of carbonyl (C=O) groups excluding carboxylic acids is 1. The van der Waals surface area contributed by atoms with Gasteiger partial charge < -0.3 is 9.47 Å². The number of ether oxygens (including phenoxy) is 2. The molecule has 0 aliphatic rings. The predicted molar refractivity (Wildman–Crippen MR) is 120 cm³/mol. The van der Waals surface area contributed by atoms with Gasteiger partial charge >= 0.3 is 0 Å². The minimum atomic E-state index is -0.173. The molecule has 0 aromatic heterocycles. The summed E-state index contributed by atoms with van der Waals surface area (Å²) in [5.41, 5.74) is 4.30. The zero-order valence-electron chi connectivity index (χ0n) is 15.5. The number of nitrogens with zero attached hydrogens (tertiary/aromatic N) is 1. The van der Waals surface area contributed by atoms with E-state index < -0.39 is 0 Å². The van der Waals surface area contributed by atoms with Gasteiger partial charge in [0, 0.05) is 4.47 Å². The summed E-state index contributed by atoms with van der Waals surface area (Å²) in [4.78, 5) is 12.0. The van der Waals surface area contributed by atoms with Crippen molar-refractivity contribution in [2.45, 2.75) is 33.3 Å². The van der Waals surface area contributed by atoms with Crippen molar-refractivity contribution in [3.63, 3.8) is 0 Å². The van der Waals surface area contributed by atoms with Crippen LogP contribution in [0.4, 0.5) is 0 Å². The molecule has 0 spiro atoms. The van der Waals surface area contributed by atoms with Gasteiger partial charge in [-0.05, 0) is 78.8 Å². The Morgan fingerprint density at radius 2 is 2.00 bits per heavy atom. The minimum Gasteiger partial charge on any atom is -0.490 e. The van der Waals surface area contributed by atoms with Crippen LogP contribution in [0.1, 0.15) is 31.9 Å². The zero-order chi connectivity index (χ0) is 19.8. The van der Waals surface area contributed by atoms with Crippen LogP contribution < -0.4 is 14.9 Å². The first-order valence-electron chi connectivity index (χ1n) is 8.58. The molecule has 0 saturated heterocycles. The summed E-state index contributed by atoms with van der Waals surface area (Å²) >= 11 is 5.59. The summed E-state index contributed by atoms with van der Waals surface area (Å²) in [7, 11) is 0. The summed E-state index contributed by atoms with van der Waals surface area (Å²) in [6, 6.07) is 11.4. The standard InChI is InChI=1S/C20H22BrIN2O3/c1-4-26-18-10-15(9-17(22)20(18)27-13(2)3)12-23-24-19(25)11-14-5-7-16(21)8-6-14/h5-10,12-13H,4,11H2,1-3H3,(H,24,25)/b23-12+. The number of hydrazone groups is 1. The van der Waals surface area contributed by atoms with Gasteiger partial charge in [0.2, 0.25) is 5.91 Å². The van der Waals surface area contributed by atoms with E-state index in [9.17, 15) is 4.79 Å². The molecule has 2 aromatic rings. The zero-order valence-corrected chi connectivity index (χ0v) is 19.2. The van der Waals surface area contributed by atoms with Crippen molar-refractivity contribution < 1.29 is 14.3 Å². The molecule has 1 N–H and O–H groups in total. The van der Waals surface area contributed by atoms with Crippen LogP contribution >= 0.6 is 38.5 Å². The number of benzene rings is 2. The van der Waals surface area contributed by atoms with Gasteiger partial charge in [0.25, 0.3) is 0 Å². The monoisotopic (exact) mass is 544 g/mol. The van der Waals surface area contributed by atoms with Crippen molar-refractivity contribution in [1.82, 2.24) is 5.43 Å². The molecule has 2 aromatic carbocycles. The maximum atomic E-state index is 12.0. The molecule has 0 aliphatic carbocycles. The average Bonchev–Trinajstić information content (AvgIpc) is 2.60. The number of carbonyl (C=O) groups is 1. The van der Waals surface area contributed by atoms with E-state index in [0.717, 1.165) is 24.9 Å². The lowest BCUT2D eigenvalue weighted by molar-refractivity contribution is -0.120. The molecule has 0 aliphatic heterocycles. The van der Waals surface area contributed by atoms with E-state index in [1.807, 2.05) is 57.2 Å². The highest BCUT2D eigenvalue weighted by Crippen LogP contribution is 2.34. The van der Waals surface area contributed by atoms with Crippen LogP contribution in [0.5, 0.6) is 11.5 Å². The third kappa shape index (κ3) is 7.14. The molecule has 2 rings (SSSR count). The van der Waals surface area contributed by atoms with E-state index >= 15 is 0 Å². The highest BCUT2D eigenvalue weighted by Gasteiger charge is 2.13. The fraction of sp³-hybridized carbons (Fsp3) is 0.300. The molecular weight excluding hydrogens is 523 g/mol. The number of nitrogens with one attached hydrogen (secondary N) is 1. The molecule has 144 valence electrons. The van der Waals surface area contributed by atoms with Crippen LogP contribution in [-0.4, -0.2) is 24.8 Å². The second kappa shape index (κ2) is 10.7. The Balaban J connectivity index is 2.04. The van der Waals surface area contributed by atoms with Gasteiger partial charge in [0.05, 0.1) is 28.9 Å². The lowest BCUT2D eigenvalue weighted by atomic mass is 10.1. The topological polar surface area (TPSA) is 59.9 Å². The summed E-state index contributed by atoms with van der Waals surface area (Å²) in [5, 5.41) is 4.05. The third-order valence-corrected chi connectivity index (χ3v) is 4.70. The molecule has 0 fully saturated rings. The van der Waals surface area contributed by atoms with E-state index in [1.54, 1.807) is 6.21 Å². The highest BCUT2D eigenvalue weighted by molar-refractivity contribution is 14.1. The van der Waals surface area contributed by atoms with E-state index in [4.69, 9.17) is 9.47 Å². The number of halogens is 2. The van der Waals surface area contributed by atoms with Gasteiger partial charge in [0.15, 0.2) is 11.5 Å². The maximum absolute atomic E-state index is 12.0. The largest absolute Gasteiger partial charge is 0.490 e. The third-order valence-electron chi connectivity index (χ3n) is 3.37. The van der Waals surface area contributed by atoms with Crippen LogP contribution in [0.25, 0.3) is 0 Å². The van der Waals surface area contributed by atoms with E-state index in [0.29, 0.717) is 12.4 Å². The number of rotatable bonds is 8. The van der Waals surface area contributed by atoms with Gasteiger partial charge in [0.1, 0.15) is 0 Å². The number of hydrogen-bond donors (Lipinski definition) is 1. The molecular formula is C20H22BrIN2O3. The van der Waals surface area contributed by atoms with Crippen molar-refractivity contribution in [1.29, 1.82) is 0 Å². The second-order valence-electron chi connectivity index (χ2n) is 6.03. The molecule has 7 heteroatoms. The highest BCUT2D eigenvalue weighted by atomic mass is 127. The SMILES string of the molecule is CCOc1cc(/C=N/NC(=O)Cc2ccc(Br)cc2)cc(I)c1OC(C)C. The van der Waals surface area contributed by atoms with Crippen molar-refractivity contribution in [2.75, 3.05) is 6.61 Å². The van der Waals surface area contributed by atoms with Crippen molar-refractivity contribution in [2.24, 2.45) is 5.10 Å². The Bertz CT molecular complexity index is 808. The second-order valence-corrected chi connectivity index (χ2v) is 8.10. The Hall–Kier alpha value is -1.61. The van der Waals surface area contributed by atoms with Gasteiger partial charge in [-0.1, -0.05) is 28.1 Å². The maximum Gasteiger partial charge on any atom is 0.244 e. The lowest BCUT2D eigenvalue weighted by Crippen LogP contribution is -2.19. The number of hydrogen-bond acceptors (Lipinski definition) is 4. The van der Waals surface area contributed by atoms with Crippen LogP contribution in [0.15, 0.2) is 46.0 Å². The van der Waals surface area contributed by atoms with Gasteiger partial charge in [-0.3, -0.25) is 4.79 Å². The quantitative estimate of drug-likeness (QED) is 0.291. The molecule has 27 heavy (non-hydrogen) atoms. The molecule has 0 atom stereocenters. The van der Waals surface area contributed by atoms with Crippen molar-refractivity contribution in [3.8, 4) is 11.5 Å². The van der Waals surface area contributed by atoms with E-state index in [2.05, 4.69) is 49.0 Å². The van der Waals surface area contributed by atoms with Gasteiger partial charge in [-0.2, -0.15) is 5.10 Å². The van der Waals surface area contributed by atoms with Crippen molar-refractivity contribution in [3.05, 3.63) is 55.6 Å². The Kier molecular flexibility index (Phi) is 8.56. The minimum absolute atomic E-state index is 0.0511. The van der Waals surface area contributed by atoms with Crippen LogP contribution in [0.3, 0.4) is 0 Å². The number of amides is 1. The Morgan fingerprint density at radius 3 is 2.63 bits per heavy atom. The lowest BCUT2D eigenvalue weighted by Gasteiger charge is -2.16. The molecule has 0 heterocycles. The Morgan fingerprint density at radius 1 is 1.30 bits per heavy atom. The Labute approximate surface area is 181 Å². The molecule has 1 amide bonds. The molecule has 5 nitrogen and oxygen atoms in total. The summed E-state index contributed by atoms with van der Waals surface area (Å²) in [5.74, 6) is 1.22. The summed E-state index contributed by atoms with van der Waals surface area (Å²) < 4.78 is 13.5. The van der Waals surface area contributed by atoms with Gasteiger partial charge in [-0.25, -0.2) is 5.43 Å². The predicted octanol–water partition coefficient (Wildman–Crippen LogP) is 4.93. The smallest absolute Gasteiger partial charge is 0.244 e. The summed E-state index contributed by atoms with van der Waals surface area (Å²) in [6.07, 6.45) is 1.92. The van der Waals surface area contributed by atoms with Crippen LogP contribution in [0, 0.1) is 3.57 Å². The molecule has 0 radical (unpaired) electrons. The first kappa shape index (κ1) is 21.7. The molecule has 0 saturated carbocycles. The molecule has 0 bridgehead atoms. The van der Waals surface area contributed by atoms with Crippen LogP contribution in [0.2, 0.25) is 0 Å². The fourth-order valence-electron chi connectivity index (χ4n) is 2.28. The van der Waals surface area contributed by atoms with Crippen molar-refractivity contribution >= 4 is 50.6 Å². The van der Waals surface area contributed by atoms with Gasteiger partial charge in [-0.15, -0.1) is 0 Å². The average molecular weight is 545 g/mol. The first-order chi connectivity index (χ1) is 12.9. The first-order valence-corrected chi connectivity index (χ1v) is 10.5.